The number of alkyl halides is 1. The summed E-state index contributed by atoms with van der Waals surface area (Å²) in [5.74, 6) is 0.0744. The first-order chi connectivity index (χ1) is 9.60. The molecule has 1 saturated heterocycles. The number of hydrogen-bond acceptors (Lipinski definition) is 3. The first kappa shape index (κ1) is 14.8. The number of nitrogens with zero attached hydrogens (tertiary/aromatic N) is 2. The van der Waals surface area contributed by atoms with E-state index in [1.807, 2.05) is 29.2 Å². The Kier molecular flexibility index (Phi) is 5.00. The van der Waals surface area contributed by atoms with Crippen molar-refractivity contribution in [1.29, 1.82) is 0 Å². The maximum absolute atomic E-state index is 11.3. The number of benzene rings is 1. The highest BCUT2D eigenvalue weighted by Crippen LogP contribution is 2.19. The Morgan fingerprint density at radius 3 is 2.25 bits per heavy atom. The monoisotopic (exact) mass is 339 g/mol. The normalized spacial score (nSPS) is 15.1. The molecule has 0 unspecified atom stereocenters. The number of nitrogens with one attached hydrogen (secondary N) is 1. The predicted molar refractivity (Wildman–Crippen MR) is 83.3 cm³/mol. The lowest BCUT2D eigenvalue weighted by molar-refractivity contribution is -0.129. The van der Waals surface area contributed by atoms with E-state index in [4.69, 9.17) is 0 Å². The van der Waals surface area contributed by atoms with Gasteiger partial charge in [-0.25, -0.2) is 0 Å². The summed E-state index contributed by atoms with van der Waals surface area (Å²) < 4.78 is 0. The molecular formula is C14H18BrN3O2. The lowest BCUT2D eigenvalue weighted by atomic mass is 10.2. The van der Waals surface area contributed by atoms with Gasteiger partial charge in [0.25, 0.3) is 0 Å². The molecule has 1 heterocycles. The van der Waals surface area contributed by atoms with Crippen LogP contribution in [0.1, 0.15) is 6.92 Å². The van der Waals surface area contributed by atoms with Crippen molar-refractivity contribution in [3.8, 4) is 0 Å². The zero-order valence-electron chi connectivity index (χ0n) is 11.4. The molecule has 108 valence electrons. The molecule has 1 N–H and O–H groups in total. The van der Waals surface area contributed by atoms with Crippen molar-refractivity contribution in [2.75, 3.05) is 41.7 Å². The van der Waals surface area contributed by atoms with Crippen LogP contribution in [0.15, 0.2) is 24.3 Å². The van der Waals surface area contributed by atoms with Gasteiger partial charge < -0.3 is 15.1 Å². The Hall–Kier alpha value is -1.56. The van der Waals surface area contributed by atoms with Crippen molar-refractivity contribution in [2.24, 2.45) is 0 Å². The van der Waals surface area contributed by atoms with E-state index < -0.39 is 0 Å². The van der Waals surface area contributed by atoms with Crippen LogP contribution in [-0.2, 0) is 9.59 Å². The van der Waals surface area contributed by atoms with Gasteiger partial charge in [0.2, 0.25) is 11.8 Å². The van der Waals surface area contributed by atoms with E-state index in [-0.39, 0.29) is 11.8 Å². The van der Waals surface area contributed by atoms with Crippen LogP contribution >= 0.6 is 15.9 Å². The molecule has 0 saturated carbocycles. The third-order valence-electron chi connectivity index (χ3n) is 3.36. The van der Waals surface area contributed by atoms with Crippen LogP contribution < -0.4 is 10.2 Å². The van der Waals surface area contributed by atoms with E-state index in [0.29, 0.717) is 5.33 Å². The Bertz CT molecular complexity index is 482. The molecule has 0 spiro atoms. The molecule has 6 heteroatoms. The highest BCUT2D eigenvalue weighted by Gasteiger charge is 2.18. The summed E-state index contributed by atoms with van der Waals surface area (Å²) in [7, 11) is 0. The molecule has 1 fully saturated rings. The standard InChI is InChI=1S/C14H18BrN3O2/c1-11(19)17-6-8-18(9-7-17)13-4-2-12(3-5-13)16-14(20)10-15/h2-5H,6-10H2,1H3,(H,16,20). The zero-order valence-corrected chi connectivity index (χ0v) is 13.0. The highest BCUT2D eigenvalue weighted by atomic mass is 79.9. The van der Waals surface area contributed by atoms with Crippen LogP contribution in [0.25, 0.3) is 0 Å². The molecular weight excluding hydrogens is 322 g/mol. The van der Waals surface area contributed by atoms with Gasteiger partial charge >= 0.3 is 0 Å². The summed E-state index contributed by atoms with van der Waals surface area (Å²) >= 11 is 3.11. The number of halogens is 1. The fraction of sp³-hybridized carbons (Fsp3) is 0.429. The van der Waals surface area contributed by atoms with Gasteiger partial charge in [-0.15, -0.1) is 0 Å². The quantitative estimate of drug-likeness (QED) is 0.852. The number of hydrogen-bond donors (Lipinski definition) is 1. The van der Waals surface area contributed by atoms with Gasteiger partial charge in [-0.2, -0.15) is 0 Å². The van der Waals surface area contributed by atoms with Gasteiger partial charge in [-0.05, 0) is 24.3 Å². The van der Waals surface area contributed by atoms with Gasteiger partial charge in [0.1, 0.15) is 0 Å². The summed E-state index contributed by atoms with van der Waals surface area (Å²) in [4.78, 5) is 26.7. The van der Waals surface area contributed by atoms with Crippen molar-refractivity contribution in [1.82, 2.24) is 4.90 Å². The molecule has 0 aliphatic carbocycles. The Balaban J connectivity index is 1.94. The van der Waals surface area contributed by atoms with E-state index in [9.17, 15) is 9.59 Å². The van der Waals surface area contributed by atoms with E-state index in [0.717, 1.165) is 37.6 Å². The van der Waals surface area contributed by atoms with E-state index in [1.54, 1.807) is 6.92 Å². The van der Waals surface area contributed by atoms with E-state index in [2.05, 4.69) is 26.1 Å². The van der Waals surface area contributed by atoms with Gasteiger partial charge in [0.05, 0.1) is 5.33 Å². The summed E-state index contributed by atoms with van der Waals surface area (Å²) in [5.41, 5.74) is 1.91. The molecule has 0 aromatic heterocycles. The molecule has 5 nitrogen and oxygen atoms in total. The van der Waals surface area contributed by atoms with Crippen molar-refractivity contribution < 1.29 is 9.59 Å². The van der Waals surface area contributed by atoms with Crippen molar-refractivity contribution in [3.05, 3.63) is 24.3 Å². The van der Waals surface area contributed by atoms with Gasteiger partial charge in [-0.1, -0.05) is 15.9 Å². The van der Waals surface area contributed by atoms with Gasteiger partial charge in [0, 0.05) is 44.5 Å². The summed E-state index contributed by atoms with van der Waals surface area (Å²) in [6.07, 6.45) is 0. The van der Waals surface area contributed by atoms with Crippen LogP contribution in [-0.4, -0.2) is 48.2 Å². The number of piperazine rings is 1. The highest BCUT2D eigenvalue weighted by molar-refractivity contribution is 9.09. The zero-order chi connectivity index (χ0) is 14.5. The van der Waals surface area contributed by atoms with Crippen LogP contribution in [0.2, 0.25) is 0 Å². The maximum Gasteiger partial charge on any atom is 0.235 e. The van der Waals surface area contributed by atoms with Crippen LogP contribution in [0.3, 0.4) is 0 Å². The summed E-state index contributed by atoms with van der Waals surface area (Å²) in [6.45, 7) is 4.81. The molecule has 0 atom stereocenters. The number of anilines is 2. The summed E-state index contributed by atoms with van der Waals surface area (Å²) in [6, 6.07) is 7.78. The van der Waals surface area contributed by atoms with Gasteiger partial charge in [0.15, 0.2) is 0 Å². The topological polar surface area (TPSA) is 52.7 Å². The Labute approximate surface area is 127 Å². The fourth-order valence-corrected chi connectivity index (χ4v) is 2.37. The maximum atomic E-state index is 11.3. The smallest absolute Gasteiger partial charge is 0.235 e. The minimum atomic E-state index is -0.0622. The van der Waals surface area contributed by atoms with Gasteiger partial charge in [-0.3, -0.25) is 9.59 Å². The number of rotatable bonds is 3. The number of carbonyl (C=O) groups excluding carboxylic acids is 2. The van der Waals surface area contributed by atoms with E-state index >= 15 is 0 Å². The minimum Gasteiger partial charge on any atom is -0.368 e. The first-order valence-electron chi connectivity index (χ1n) is 6.56. The van der Waals surface area contributed by atoms with E-state index in [1.165, 1.54) is 0 Å². The molecule has 1 aliphatic heterocycles. The number of carbonyl (C=O) groups is 2. The average molecular weight is 340 g/mol. The lowest BCUT2D eigenvalue weighted by Gasteiger charge is -2.35. The van der Waals surface area contributed by atoms with Crippen molar-refractivity contribution in [3.63, 3.8) is 0 Å². The molecule has 1 aromatic carbocycles. The molecule has 0 radical (unpaired) electrons. The average Bonchev–Trinajstić information content (AvgIpc) is 2.48. The van der Waals surface area contributed by atoms with Crippen LogP contribution in [0, 0.1) is 0 Å². The largest absolute Gasteiger partial charge is 0.368 e. The molecule has 0 bridgehead atoms. The van der Waals surface area contributed by atoms with Crippen molar-refractivity contribution >= 4 is 39.1 Å². The fourth-order valence-electron chi connectivity index (χ4n) is 2.23. The second-order valence-electron chi connectivity index (χ2n) is 4.72. The predicted octanol–water partition coefficient (Wildman–Crippen LogP) is 1.69. The molecule has 20 heavy (non-hydrogen) atoms. The first-order valence-corrected chi connectivity index (χ1v) is 7.68. The third-order valence-corrected chi connectivity index (χ3v) is 3.87. The SMILES string of the molecule is CC(=O)N1CCN(c2ccc(NC(=O)CBr)cc2)CC1. The minimum absolute atomic E-state index is 0.0622. The summed E-state index contributed by atoms with van der Waals surface area (Å²) in [5, 5.41) is 3.08. The molecule has 1 aromatic rings. The third kappa shape index (κ3) is 3.72. The molecule has 2 amide bonds. The second-order valence-corrected chi connectivity index (χ2v) is 5.28. The molecule has 1 aliphatic rings. The Morgan fingerprint density at radius 2 is 1.75 bits per heavy atom. The Morgan fingerprint density at radius 1 is 1.15 bits per heavy atom. The van der Waals surface area contributed by atoms with Crippen LogP contribution in [0.5, 0.6) is 0 Å². The number of amides is 2. The molecule has 2 rings (SSSR count). The lowest BCUT2D eigenvalue weighted by Crippen LogP contribution is -2.48. The van der Waals surface area contributed by atoms with Crippen LogP contribution in [0.4, 0.5) is 11.4 Å². The van der Waals surface area contributed by atoms with Crippen molar-refractivity contribution in [2.45, 2.75) is 6.92 Å². The second kappa shape index (κ2) is 6.74.